The zero-order valence-corrected chi connectivity index (χ0v) is 12.2. The second-order valence-electron chi connectivity index (χ2n) is 4.07. The molecule has 0 fully saturated rings. The lowest BCUT2D eigenvalue weighted by atomic mass is 10.2. The highest BCUT2D eigenvalue weighted by Gasteiger charge is 2.19. The predicted molar refractivity (Wildman–Crippen MR) is 77.5 cm³/mol. The molecule has 1 aromatic heterocycles. The second-order valence-corrected chi connectivity index (χ2v) is 6.16. The summed E-state index contributed by atoms with van der Waals surface area (Å²) >= 11 is 5.64. The summed E-state index contributed by atoms with van der Waals surface area (Å²) in [7, 11) is -3.86. The van der Waals surface area contributed by atoms with E-state index in [4.69, 9.17) is 17.4 Å². The van der Waals surface area contributed by atoms with Crippen LogP contribution in [0.5, 0.6) is 0 Å². The van der Waals surface area contributed by atoms with Crippen LogP contribution in [0.15, 0.2) is 41.6 Å². The monoisotopic (exact) mass is 330 g/mol. The van der Waals surface area contributed by atoms with Gasteiger partial charge in [0.2, 0.25) is 0 Å². The number of nitrogens with zero attached hydrogens (tertiary/aromatic N) is 1. The van der Waals surface area contributed by atoms with Crippen molar-refractivity contribution in [2.75, 3.05) is 5.43 Å². The molecular weight excluding hydrogens is 319 g/mol. The van der Waals surface area contributed by atoms with E-state index >= 15 is 0 Å². The molecule has 0 saturated carbocycles. The van der Waals surface area contributed by atoms with Crippen LogP contribution in [0.25, 0.3) is 0 Å². The van der Waals surface area contributed by atoms with Gasteiger partial charge in [-0.05, 0) is 29.8 Å². The standard InChI is InChI=1S/C12H12ClFN4O2S/c13-9-6-8(3-4-10(9)14)7-17-21(19,20)12-11(18-15)2-1-5-16-12/h1-6,17-18H,7,15H2. The molecule has 9 heteroatoms. The summed E-state index contributed by atoms with van der Waals surface area (Å²) in [5.74, 6) is 4.68. The van der Waals surface area contributed by atoms with E-state index in [0.29, 0.717) is 5.56 Å². The lowest BCUT2D eigenvalue weighted by molar-refractivity contribution is 0.577. The van der Waals surface area contributed by atoms with Crippen LogP contribution >= 0.6 is 11.6 Å². The molecule has 21 heavy (non-hydrogen) atoms. The number of nitrogens with two attached hydrogens (primary N) is 1. The van der Waals surface area contributed by atoms with Gasteiger partial charge in [-0.15, -0.1) is 0 Å². The minimum atomic E-state index is -3.86. The summed E-state index contributed by atoms with van der Waals surface area (Å²) in [6.45, 7) is -0.0527. The van der Waals surface area contributed by atoms with E-state index in [0.717, 1.165) is 0 Å². The number of anilines is 1. The Hall–Kier alpha value is -1.74. The van der Waals surface area contributed by atoms with Crippen molar-refractivity contribution in [2.24, 2.45) is 5.84 Å². The number of aromatic nitrogens is 1. The molecule has 0 unspecified atom stereocenters. The Morgan fingerprint density at radius 2 is 2.10 bits per heavy atom. The molecule has 1 heterocycles. The van der Waals surface area contributed by atoms with Gasteiger partial charge in [0.05, 0.1) is 10.7 Å². The summed E-state index contributed by atoms with van der Waals surface area (Å²) in [6, 6.07) is 6.98. The van der Waals surface area contributed by atoms with Crippen molar-refractivity contribution in [1.29, 1.82) is 0 Å². The van der Waals surface area contributed by atoms with Crippen LogP contribution in [-0.4, -0.2) is 13.4 Å². The number of halogens is 2. The number of hydrogen-bond acceptors (Lipinski definition) is 5. The van der Waals surface area contributed by atoms with Gasteiger partial charge in [-0.3, -0.25) is 5.84 Å². The molecule has 0 bridgehead atoms. The molecule has 112 valence electrons. The molecular formula is C12H12ClFN4O2S. The third-order valence-corrected chi connectivity index (χ3v) is 4.28. The zero-order valence-electron chi connectivity index (χ0n) is 10.7. The van der Waals surface area contributed by atoms with Crippen LogP contribution in [0.2, 0.25) is 5.02 Å². The third-order valence-electron chi connectivity index (χ3n) is 2.63. The summed E-state index contributed by atoms with van der Waals surface area (Å²) in [4.78, 5) is 3.79. The number of rotatable bonds is 5. The van der Waals surface area contributed by atoms with Crippen molar-refractivity contribution >= 4 is 27.3 Å². The van der Waals surface area contributed by atoms with Crippen molar-refractivity contribution in [3.8, 4) is 0 Å². The van der Waals surface area contributed by atoms with Gasteiger partial charge in [0.15, 0.2) is 5.03 Å². The molecule has 2 rings (SSSR count). The Labute approximate surface area is 126 Å². The zero-order chi connectivity index (χ0) is 15.5. The van der Waals surface area contributed by atoms with Crippen LogP contribution in [0.4, 0.5) is 10.1 Å². The van der Waals surface area contributed by atoms with Gasteiger partial charge < -0.3 is 5.43 Å². The molecule has 6 nitrogen and oxygen atoms in total. The van der Waals surface area contributed by atoms with Gasteiger partial charge in [-0.25, -0.2) is 22.5 Å². The summed E-state index contributed by atoms with van der Waals surface area (Å²) in [5, 5.41) is -0.297. The Balaban J connectivity index is 2.20. The maximum Gasteiger partial charge on any atom is 0.260 e. The van der Waals surface area contributed by atoms with E-state index in [1.165, 1.54) is 30.5 Å². The van der Waals surface area contributed by atoms with Crippen LogP contribution in [0.3, 0.4) is 0 Å². The first-order valence-electron chi connectivity index (χ1n) is 5.79. The van der Waals surface area contributed by atoms with E-state index < -0.39 is 15.8 Å². The molecule has 1 aromatic carbocycles. The van der Waals surface area contributed by atoms with E-state index in [2.05, 4.69) is 15.1 Å². The van der Waals surface area contributed by atoms with Crippen LogP contribution in [0.1, 0.15) is 5.56 Å². The summed E-state index contributed by atoms with van der Waals surface area (Å²) < 4.78 is 39.7. The van der Waals surface area contributed by atoms with Gasteiger partial charge in [0, 0.05) is 12.7 Å². The molecule has 0 aliphatic heterocycles. The minimum absolute atomic E-state index is 0.0527. The highest BCUT2D eigenvalue weighted by atomic mass is 35.5. The molecule has 0 atom stereocenters. The Morgan fingerprint density at radius 1 is 1.33 bits per heavy atom. The number of nitrogen functional groups attached to an aromatic ring is 1. The lowest BCUT2D eigenvalue weighted by Crippen LogP contribution is -2.26. The third kappa shape index (κ3) is 3.67. The number of benzene rings is 1. The smallest absolute Gasteiger partial charge is 0.260 e. The highest BCUT2D eigenvalue weighted by molar-refractivity contribution is 7.89. The molecule has 0 aliphatic rings. The molecule has 4 N–H and O–H groups in total. The molecule has 0 saturated heterocycles. The SMILES string of the molecule is NNc1cccnc1S(=O)(=O)NCc1ccc(F)c(Cl)c1. The number of hydrogen-bond donors (Lipinski definition) is 3. The molecule has 0 radical (unpaired) electrons. The van der Waals surface area contributed by atoms with E-state index in [1.54, 1.807) is 6.07 Å². The van der Waals surface area contributed by atoms with Crippen molar-refractivity contribution < 1.29 is 12.8 Å². The Bertz CT molecular complexity index is 755. The van der Waals surface area contributed by atoms with E-state index in [1.807, 2.05) is 0 Å². The second kappa shape index (κ2) is 6.35. The molecule has 2 aromatic rings. The van der Waals surface area contributed by atoms with Gasteiger partial charge in [0.25, 0.3) is 10.0 Å². The van der Waals surface area contributed by atoms with Crippen molar-refractivity contribution in [3.05, 3.63) is 52.9 Å². The van der Waals surface area contributed by atoms with Crippen LogP contribution in [0, 0.1) is 5.82 Å². The number of hydrazine groups is 1. The van der Waals surface area contributed by atoms with Gasteiger partial charge in [-0.2, -0.15) is 0 Å². The highest BCUT2D eigenvalue weighted by Crippen LogP contribution is 2.18. The average molecular weight is 331 g/mol. The molecule has 0 aliphatic carbocycles. The van der Waals surface area contributed by atoms with Gasteiger partial charge in [-0.1, -0.05) is 17.7 Å². The first-order valence-corrected chi connectivity index (χ1v) is 7.65. The van der Waals surface area contributed by atoms with Crippen LogP contribution < -0.4 is 16.0 Å². The predicted octanol–water partition coefficient (Wildman–Crippen LogP) is 1.64. The minimum Gasteiger partial charge on any atom is -0.321 e. The lowest BCUT2D eigenvalue weighted by Gasteiger charge is -2.10. The average Bonchev–Trinajstić information content (AvgIpc) is 2.48. The molecule has 0 spiro atoms. The fourth-order valence-corrected chi connectivity index (χ4v) is 2.92. The number of sulfonamides is 1. The molecule has 0 amide bonds. The fraction of sp³-hybridized carbons (Fsp3) is 0.0833. The van der Waals surface area contributed by atoms with E-state index in [9.17, 15) is 12.8 Å². The maximum absolute atomic E-state index is 13.0. The Morgan fingerprint density at radius 3 is 2.76 bits per heavy atom. The summed E-state index contributed by atoms with van der Waals surface area (Å²) in [6.07, 6.45) is 1.34. The Kier molecular flexibility index (Phi) is 4.73. The van der Waals surface area contributed by atoms with Crippen molar-refractivity contribution in [1.82, 2.24) is 9.71 Å². The largest absolute Gasteiger partial charge is 0.321 e. The van der Waals surface area contributed by atoms with Crippen molar-refractivity contribution in [2.45, 2.75) is 11.6 Å². The van der Waals surface area contributed by atoms with Crippen molar-refractivity contribution in [3.63, 3.8) is 0 Å². The first kappa shape index (κ1) is 15.6. The van der Waals surface area contributed by atoms with Gasteiger partial charge in [0.1, 0.15) is 5.82 Å². The maximum atomic E-state index is 13.0. The van der Waals surface area contributed by atoms with E-state index in [-0.39, 0.29) is 22.3 Å². The number of pyridine rings is 1. The first-order chi connectivity index (χ1) is 9.94. The normalized spacial score (nSPS) is 11.4. The number of nitrogens with one attached hydrogen (secondary N) is 2. The topological polar surface area (TPSA) is 97.1 Å². The quantitative estimate of drug-likeness (QED) is 0.572. The van der Waals surface area contributed by atoms with Gasteiger partial charge >= 0.3 is 0 Å². The fourth-order valence-electron chi connectivity index (χ4n) is 1.61. The summed E-state index contributed by atoms with van der Waals surface area (Å²) in [5.41, 5.74) is 2.95. The van der Waals surface area contributed by atoms with Crippen LogP contribution in [-0.2, 0) is 16.6 Å².